The fourth-order valence-electron chi connectivity index (χ4n) is 1.73. The molecule has 0 unspecified atom stereocenters. The predicted octanol–water partition coefficient (Wildman–Crippen LogP) is 1.77. The standard InChI is InChI=1S/C12H13N3O2/c1-7-8(2)15(6-14-7)11-9(12(16)17)4-3-5-10(11)13/h3-6H,13H2,1-2H3,(H,16,17). The largest absolute Gasteiger partial charge is 0.478 e. The van der Waals surface area contributed by atoms with Gasteiger partial charge < -0.3 is 15.4 Å². The molecule has 0 aliphatic carbocycles. The van der Waals surface area contributed by atoms with Crippen molar-refractivity contribution in [3.8, 4) is 5.69 Å². The average molecular weight is 231 g/mol. The Labute approximate surface area is 98.5 Å². The molecule has 0 spiro atoms. The highest BCUT2D eigenvalue weighted by atomic mass is 16.4. The Morgan fingerprint density at radius 3 is 2.65 bits per heavy atom. The Morgan fingerprint density at radius 1 is 1.41 bits per heavy atom. The van der Waals surface area contributed by atoms with Gasteiger partial charge in [0.2, 0.25) is 0 Å². The molecule has 0 bridgehead atoms. The highest BCUT2D eigenvalue weighted by Gasteiger charge is 2.16. The highest BCUT2D eigenvalue weighted by molar-refractivity contribution is 5.94. The number of nitrogens with zero attached hydrogens (tertiary/aromatic N) is 2. The summed E-state index contributed by atoms with van der Waals surface area (Å²) in [7, 11) is 0. The number of rotatable bonds is 2. The summed E-state index contributed by atoms with van der Waals surface area (Å²) in [5.74, 6) is -1.00. The van der Waals surface area contributed by atoms with E-state index in [0.717, 1.165) is 11.4 Å². The van der Waals surface area contributed by atoms with Gasteiger partial charge in [-0.2, -0.15) is 0 Å². The summed E-state index contributed by atoms with van der Waals surface area (Å²) in [6.45, 7) is 3.74. The third-order valence-electron chi connectivity index (χ3n) is 2.79. The number of nitrogens with two attached hydrogens (primary N) is 1. The maximum Gasteiger partial charge on any atom is 0.337 e. The first-order valence-corrected chi connectivity index (χ1v) is 5.15. The van der Waals surface area contributed by atoms with Crippen LogP contribution in [-0.4, -0.2) is 20.6 Å². The molecular weight excluding hydrogens is 218 g/mol. The van der Waals surface area contributed by atoms with Crippen molar-refractivity contribution in [2.75, 3.05) is 5.73 Å². The van der Waals surface area contributed by atoms with Gasteiger partial charge in [0.25, 0.3) is 0 Å². The molecule has 2 aromatic rings. The van der Waals surface area contributed by atoms with Crippen LogP contribution in [-0.2, 0) is 0 Å². The van der Waals surface area contributed by atoms with Crippen molar-refractivity contribution in [3.63, 3.8) is 0 Å². The first-order valence-electron chi connectivity index (χ1n) is 5.15. The second-order valence-electron chi connectivity index (χ2n) is 3.83. The van der Waals surface area contributed by atoms with Gasteiger partial charge in [-0.05, 0) is 26.0 Å². The molecule has 0 fully saturated rings. The SMILES string of the molecule is Cc1ncn(-c2c(N)cccc2C(=O)O)c1C. The van der Waals surface area contributed by atoms with Gasteiger partial charge in [0, 0.05) is 5.69 Å². The molecule has 1 aromatic heterocycles. The summed E-state index contributed by atoms with van der Waals surface area (Å²) in [6, 6.07) is 4.83. The van der Waals surface area contributed by atoms with E-state index in [0.29, 0.717) is 11.4 Å². The molecule has 0 saturated carbocycles. The van der Waals surface area contributed by atoms with Crippen LogP contribution in [0.4, 0.5) is 5.69 Å². The van der Waals surface area contributed by atoms with Gasteiger partial charge in [-0.15, -0.1) is 0 Å². The van der Waals surface area contributed by atoms with Crippen molar-refractivity contribution in [1.29, 1.82) is 0 Å². The molecule has 1 aromatic carbocycles. The van der Waals surface area contributed by atoms with Crippen molar-refractivity contribution in [3.05, 3.63) is 41.5 Å². The molecule has 17 heavy (non-hydrogen) atoms. The summed E-state index contributed by atoms with van der Waals surface area (Å²) < 4.78 is 1.70. The topological polar surface area (TPSA) is 81.1 Å². The normalized spacial score (nSPS) is 10.5. The van der Waals surface area contributed by atoms with Crippen LogP contribution in [0.3, 0.4) is 0 Å². The lowest BCUT2D eigenvalue weighted by molar-refractivity contribution is 0.0697. The van der Waals surface area contributed by atoms with E-state index in [1.807, 2.05) is 13.8 Å². The Balaban J connectivity index is 2.74. The number of anilines is 1. The molecule has 5 heteroatoms. The average Bonchev–Trinajstić information content (AvgIpc) is 2.60. The molecule has 0 saturated heterocycles. The van der Waals surface area contributed by atoms with Gasteiger partial charge in [-0.3, -0.25) is 0 Å². The zero-order valence-corrected chi connectivity index (χ0v) is 9.64. The first-order chi connectivity index (χ1) is 8.02. The number of hydrogen-bond acceptors (Lipinski definition) is 3. The number of hydrogen-bond donors (Lipinski definition) is 2. The monoisotopic (exact) mass is 231 g/mol. The Bertz CT molecular complexity index is 587. The molecule has 2 rings (SSSR count). The number of nitrogen functional groups attached to an aromatic ring is 1. The summed E-state index contributed by atoms with van der Waals surface area (Å²) in [5, 5.41) is 9.16. The Morgan fingerprint density at radius 2 is 2.12 bits per heavy atom. The number of aromatic nitrogens is 2. The number of aryl methyl sites for hydroxylation is 1. The molecular formula is C12H13N3O2. The smallest absolute Gasteiger partial charge is 0.337 e. The van der Waals surface area contributed by atoms with Crippen molar-refractivity contribution in [2.45, 2.75) is 13.8 Å². The van der Waals surface area contributed by atoms with Gasteiger partial charge in [0.1, 0.15) is 0 Å². The van der Waals surface area contributed by atoms with Crippen LogP contribution in [0.5, 0.6) is 0 Å². The molecule has 0 aliphatic heterocycles. The fourth-order valence-corrected chi connectivity index (χ4v) is 1.73. The molecule has 0 aliphatic rings. The molecule has 0 atom stereocenters. The van der Waals surface area contributed by atoms with Crippen molar-refractivity contribution in [2.24, 2.45) is 0 Å². The molecule has 1 heterocycles. The second kappa shape index (κ2) is 3.93. The fraction of sp³-hybridized carbons (Fsp3) is 0.167. The van der Waals surface area contributed by atoms with E-state index in [1.54, 1.807) is 23.0 Å². The first kappa shape index (κ1) is 11.2. The van der Waals surface area contributed by atoms with E-state index in [2.05, 4.69) is 4.98 Å². The van der Waals surface area contributed by atoms with E-state index >= 15 is 0 Å². The number of carboxylic acids is 1. The van der Waals surface area contributed by atoms with E-state index < -0.39 is 5.97 Å². The summed E-state index contributed by atoms with van der Waals surface area (Å²) in [6.07, 6.45) is 1.59. The van der Waals surface area contributed by atoms with Gasteiger partial charge in [-0.1, -0.05) is 6.07 Å². The Kier molecular flexibility index (Phi) is 2.59. The number of aromatic carboxylic acids is 1. The van der Waals surface area contributed by atoms with Crippen LogP contribution < -0.4 is 5.73 Å². The minimum Gasteiger partial charge on any atom is -0.478 e. The van der Waals surface area contributed by atoms with Crippen LogP contribution in [0.1, 0.15) is 21.7 Å². The lowest BCUT2D eigenvalue weighted by Crippen LogP contribution is -2.09. The lowest BCUT2D eigenvalue weighted by Gasteiger charge is -2.12. The number of imidazole rings is 1. The second-order valence-corrected chi connectivity index (χ2v) is 3.83. The molecule has 88 valence electrons. The van der Waals surface area contributed by atoms with Crippen molar-refractivity contribution < 1.29 is 9.90 Å². The van der Waals surface area contributed by atoms with Crippen molar-refractivity contribution in [1.82, 2.24) is 9.55 Å². The van der Waals surface area contributed by atoms with Gasteiger partial charge in [0.05, 0.1) is 29.0 Å². The third kappa shape index (κ3) is 1.75. The molecule has 0 radical (unpaired) electrons. The quantitative estimate of drug-likeness (QED) is 0.772. The molecule has 0 amide bonds. The van der Waals surface area contributed by atoms with Crippen LogP contribution >= 0.6 is 0 Å². The van der Waals surface area contributed by atoms with Gasteiger partial charge in [0.15, 0.2) is 0 Å². The van der Waals surface area contributed by atoms with Crippen LogP contribution in [0.15, 0.2) is 24.5 Å². The number of carbonyl (C=O) groups is 1. The minimum absolute atomic E-state index is 0.172. The number of para-hydroxylation sites is 1. The predicted molar refractivity (Wildman–Crippen MR) is 64.4 cm³/mol. The maximum atomic E-state index is 11.2. The van der Waals surface area contributed by atoms with E-state index in [9.17, 15) is 4.79 Å². The molecule has 5 nitrogen and oxygen atoms in total. The number of carboxylic acid groups (broad SMARTS) is 1. The van der Waals surface area contributed by atoms with Crippen molar-refractivity contribution >= 4 is 11.7 Å². The van der Waals surface area contributed by atoms with E-state index in [1.165, 1.54) is 6.07 Å². The molecule has 3 N–H and O–H groups in total. The van der Waals surface area contributed by atoms with E-state index in [-0.39, 0.29) is 5.56 Å². The minimum atomic E-state index is -1.00. The summed E-state index contributed by atoms with van der Waals surface area (Å²) >= 11 is 0. The number of benzene rings is 1. The zero-order chi connectivity index (χ0) is 12.6. The lowest BCUT2D eigenvalue weighted by atomic mass is 10.1. The van der Waals surface area contributed by atoms with Crippen LogP contribution in [0, 0.1) is 13.8 Å². The summed E-state index contributed by atoms with van der Waals surface area (Å²) in [4.78, 5) is 15.3. The Hall–Kier alpha value is -2.30. The summed E-state index contributed by atoms with van der Waals surface area (Å²) in [5.41, 5.74) is 8.65. The van der Waals surface area contributed by atoms with Crippen LogP contribution in [0.25, 0.3) is 5.69 Å². The highest BCUT2D eigenvalue weighted by Crippen LogP contribution is 2.24. The van der Waals surface area contributed by atoms with Crippen LogP contribution in [0.2, 0.25) is 0 Å². The zero-order valence-electron chi connectivity index (χ0n) is 9.64. The van der Waals surface area contributed by atoms with Gasteiger partial charge in [-0.25, -0.2) is 9.78 Å². The third-order valence-corrected chi connectivity index (χ3v) is 2.79. The van der Waals surface area contributed by atoms with Gasteiger partial charge >= 0.3 is 5.97 Å². The maximum absolute atomic E-state index is 11.2. The van der Waals surface area contributed by atoms with E-state index in [4.69, 9.17) is 10.8 Å².